The van der Waals surface area contributed by atoms with Gasteiger partial charge in [0.25, 0.3) is 0 Å². The zero-order chi connectivity index (χ0) is 16.7. The Hall–Kier alpha value is -2.68. The Labute approximate surface area is 138 Å². The van der Waals surface area contributed by atoms with E-state index < -0.39 is 0 Å². The van der Waals surface area contributed by atoms with Crippen molar-refractivity contribution in [3.63, 3.8) is 0 Å². The maximum Gasteiger partial charge on any atom is 0.0700 e. The molecule has 0 aliphatic rings. The summed E-state index contributed by atoms with van der Waals surface area (Å²) < 4.78 is 0. The molecule has 0 bridgehead atoms. The van der Waals surface area contributed by atoms with Crippen LogP contribution in [0.15, 0.2) is 70.9 Å². The van der Waals surface area contributed by atoms with Gasteiger partial charge < -0.3 is 5.73 Å². The van der Waals surface area contributed by atoms with Gasteiger partial charge in [-0.05, 0) is 37.5 Å². The maximum atomic E-state index is 6.13. The third kappa shape index (κ3) is 4.92. The Bertz CT molecular complexity index is 723. The van der Waals surface area contributed by atoms with Crippen molar-refractivity contribution < 1.29 is 0 Å². The van der Waals surface area contributed by atoms with Crippen LogP contribution in [0.1, 0.15) is 37.0 Å². The fourth-order valence-corrected chi connectivity index (χ4v) is 2.19. The number of hydrogen-bond acceptors (Lipinski definition) is 3. The number of benzene rings is 2. The average Bonchev–Trinajstić information content (AvgIpc) is 2.57. The minimum absolute atomic E-state index is 0.694. The van der Waals surface area contributed by atoms with Crippen LogP contribution in [0, 0.1) is 6.92 Å². The molecule has 2 N–H and O–H groups in total. The molecule has 118 valence electrons. The van der Waals surface area contributed by atoms with E-state index in [0.717, 1.165) is 29.0 Å². The normalized spacial score (nSPS) is 13.3. The van der Waals surface area contributed by atoms with E-state index in [2.05, 4.69) is 24.1 Å². The molecule has 0 aromatic heterocycles. The molecule has 0 fully saturated rings. The highest BCUT2D eigenvalue weighted by Gasteiger charge is 2.00. The molecule has 0 atom stereocenters. The summed E-state index contributed by atoms with van der Waals surface area (Å²) in [6, 6.07) is 18.2. The SMILES string of the molecule is CC/C(=N/N=C(C)/C=C(\N)c1ccc(C)cc1)c1ccccc1. The summed E-state index contributed by atoms with van der Waals surface area (Å²) in [5, 5.41) is 8.68. The summed E-state index contributed by atoms with van der Waals surface area (Å²) in [4.78, 5) is 0. The summed E-state index contributed by atoms with van der Waals surface area (Å²) in [7, 11) is 0. The number of nitrogens with two attached hydrogens (primary N) is 1. The van der Waals surface area contributed by atoms with E-state index in [4.69, 9.17) is 5.73 Å². The second kappa shape index (κ2) is 8.08. The first-order valence-electron chi connectivity index (χ1n) is 7.81. The minimum atomic E-state index is 0.694. The summed E-state index contributed by atoms with van der Waals surface area (Å²) >= 11 is 0. The van der Waals surface area contributed by atoms with Crippen molar-refractivity contribution in [1.82, 2.24) is 0 Å². The van der Waals surface area contributed by atoms with E-state index in [1.54, 1.807) is 0 Å². The predicted molar refractivity (Wildman–Crippen MR) is 99.7 cm³/mol. The molecule has 0 unspecified atom stereocenters. The van der Waals surface area contributed by atoms with Crippen molar-refractivity contribution in [3.05, 3.63) is 77.4 Å². The third-order valence-corrected chi connectivity index (χ3v) is 3.52. The van der Waals surface area contributed by atoms with Crippen LogP contribution in [0.25, 0.3) is 5.70 Å². The third-order valence-electron chi connectivity index (χ3n) is 3.52. The highest BCUT2D eigenvalue weighted by atomic mass is 15.2. The molecule has 0 heterocycles. The highest BCUT2D eigenvalue weighted by Crippen LogP contribution is 2.10. The molecule has 0 radical (unpaired) electrons. The lowest BCUT2D eigenvalue weighted by atomic mass is 10.1. The lowest BCUT2D eigenvalue weighted by Gasteiger charge is -2.03. The molecule has 2 rings (SSSR count). The van der Waals surface area contributed by atoms with Crippen molar-refractivity contribution in [2.45, 2.75) is 27.2 Å². The Balaban J connectivity index is 2.19. The van der Waals surface area contributed by atoms with Crippen molar-refractivity contribution in [3.8, 4) is 0 Å². The molecule has 2 aromatic rings. The summed E-state index contributed by atoms with van der Waals surface area (Å²) in [5.41, 5.74) is 11.9. The molecule has 0 amide bonds. The van der Waals surface area contributed by atoms with Crippen molar-refractivity contribution >= 4 is 17.1 Å². The van der Waals surface area contributed by atoms with Gasteiger partial charge in [0.2, 0.25) is 0 Å². The van der Waals surface area contributed by atoms with Gasteiger partial charge in [0, 0.05) is 5.70 Å². The standard InChI is InChI=1S/C20H23N3/c1-4-20(18-8-6-5-7-9-18)23-22-16(3)14-19(21)17-12-10-15(2)11-13-17/h5-14H,4,21H2,1-3H3/b19-14-,22-16+,23-20-. The molecule has 2 aromatic carbocycles. The molecule has 0 aliphatic heterocycles. The van der Waals surface area contributed by atoms with Crippen LogP contribution in [0.4, 0.5) is 0 Å². The first-order valence-corrected chi connectivity index (χ1v) is 7.81. The lowest BCUT2D eigenvalue weighted by molar-refractivity contribution is 1.17. The van der Waals surface area contributed by atoms with Crippen LogP contribution >= 0.6 is 0 Å². The number of allylic oxidation sites excluding steroid dienone is 1. The van der Waals surface area contributed by atoms with Gasteiger partial charge in [0.15, 0.2) is 0 Å². The molecule has 0 aliphatic carbocycles. The van der Waals surface area contributed by atoms with E-state index in [1.165, 1.54) is 5.56 Å². The van der Waals surface area contributed by atoms with Gasteiger partial charge in [-0.15, -0.1) is 0 Å². The number of aryl methyl sites for hydroxylation is 1. The Kier molecular flexibility index (Phi) is 5.87. The van der Waals surface area contributed by atoms with Gasteiger partial charge in [-0.25, -0.2) is 0 Å². The number of hydrogen-bond donors (Lipinski definition) is 1. The van der Waals surface area contributed by atoms with Gasteiger partial charge in [-0.2, -0.15) is 10.2 Å². The Morgan fingerprint density at radius 1 is 0.957 bits per heavy atom. The van der Waals surface area contributed by atoms with E-state index >= 15 is 0 Å². The van der Waals surface area contributed by atoms with E-state index in [9.17, 15) is 0 Å². The van der Waals surface area contributed by atoms with Crippen LogP contribution < -0.4 is 5.73 Å². The van der Waals surface area contributed by atoms with Gasteiger partial charge in [0.1, 0.15) is 0 Å². The number of rotatable bonds is 5. The van der Waals surface area contributed by atoms with Gasteiger partial charge >= 0.3 is 0 Å². The Morgan fingerprint density at radius 3 is 2.22 bits per heavy atom. The van der Waals surface area contributed by atoms with Crippen LogP contribution in [0.2, 0.25) is 0 Å². The van der Waals surface area contributed by atoms with Crippen molar-refractivity contribution in [2.75, 3.05) is 0 Å². The van der Waals surface area contributed by atoms with Crippen LogP contribution in [-0.2, 0) is 0 Å². The topological polar surface area (TPSA) is 50.7 Å². The summed E-state index contributed by atoms with van der Waals surface area (Å²) in [6.07, 6.45) is 2.68. The van der Waals surface area contributed by atoms with Crippen molar-refractivity contribution in [2.24, 2.45) is 15.9 Å². The molecular formula is C20H23N3. The number of nitrogens with zero attached hydrogens (tertiary/aromatic N) is 2. The monoisotopic (exact) mass is 305 g/mol. The van der Waals surface area contributed by atoms with Crippen molar-refractivity contribution in [1.29, 1.82) is 0 Å². The molecule has 23 heavy (non-hydrogen) atoms. The van der Waals surface area contributed by atoms with E-state index in [-0.39, 0.29) is 0 Å². The minimum Gasteiger partial charge on any atom is -0.398 e. The largest absolute Gasteiger partial charge is 0.398 e. The molecular weight excluding hydrogens is 282 g/mol. The van der Waals surface area contributed by atoms with Gasteiger partial charge in [-0.1, -0.05) is 67.1 Å². The van der Waals surface area contributed by atoms with Gasteiger partial charge in [0.05, 0.1) is 11.4 Å². The lowest BCUT2D eigenvalue weighted by Crippen LogP contribution is -2.01. The second-order valence-electron chi connectivity index (χ2n) is 5.47. The summed E-state index contributed by atoms with van der Waals surface area (Å²) in [5.74, 6) is 0. The van der Waals surface area contributed by atoms with Crippen LogP contribution in [0.3, 0.4) is 0 Å². The predicted octanol–water partition coefficient (Wildman–Crippen LogP) is 4.57. The zero-order valence-electron chi connectivity index (χ0n) is 14.0. The summed E-state index contributed by atoms with van der Waals surface area (Å²) in [6.45, 7) is 6.04. The van der Waals surface area contributed by atoms with Crippen LogP contribution in [0.5, 0.6) is 0 Å². The fraction of sp³-hybridized carbons (Fsp3) is 0.200. The quantitative estimate of drug-likeness (QED) is 0.638. The molecule has 0 saturated carbocycles. The fourth-order valence-electron chi connectivity index (χ4n) is 2.19. The smallest absolute Gasteiger partial charge is 0.0700 e. The Morgan fingerprint density at radius 2 is 1.61 bits per heavy atom. The highest BCUT2D eigenvalue weighted by molar-refractivity contribution is 6.02. The maximum absolute atomic E-state index is 6.13. The zero-order valence-corrected chi connectivity index (χ0v) is 14.0. The van der Waals surface area contributed by atoms with E-state index in [1.807, 2.05) is 67.6 Å². The molecule has 3 heteroatoms. The second-order valence-corrected chi connectivity index (χ2v) is 5.47. The average molecular weight is 305 g/mol. The first kappa shape index (κ1) is 16.7. The van der Waals surface area contributed by atoms with E-state index in [0.29, 0.717) is 5.70 Å². The molecule has 0 spiro atoms. The molecule has 3 nitrogen and oxygen atoms in total. The van der Waals surface area contributed by atoms with Crippen LogP contribution in [-0.4, -0.2) is 11.4 Å². The van der Waals surface area contributed by atoms with Gasteiger partial charge in [-0.3, -0.25) is 0 Å². The first-order chi connectivity index (χ1) is 11.1. The molecule has 0 saturated heterocycles.